The van der Waals surface area contributed by atoms with Crippen LogP contribution in [-0.4, -0.2) is 18.4 Å². The molecule has 2 aliphatic rings. The molecule has 1 aliphatic carbocycles. The summed E-state index contributed by atoms with van der Waals surface area (Å²) in [5.41, 5.74) is 0.409. The van der Waals surface area contributed by atoms with Crippen LogP contribution in [0.2, 0.25) is 0 Å². The summed E-state index contributed by atoms with van der Waals surface area (Å²) in [5.74, 6) is 1.78. The summed E-state index contributed by atoms with van der Waals surface area (Å²) < 4.78 is 10.7. The third kappa shape index (κ3) is 1.91. The van der Waals surface area contributed by atoms with Gasteiger partial charge in [0.25, 0.3) is 0 Å². The van der Waals surface area contributed by atoms with Gasteiger partial charge in [-0.1, -0.05) is 6.07 Å². The molecule has 0 radical (unpaired) electrons. The van der Waals surface area contributed by atoms with E-state index in [4.69, 9.17) is 9.47 Å². The molecule has 1 saturated carbocycles. The quantitative estimate of drug-likeness (QED) is 0.819. The average molecular weight is 260 g/mol. The summed E-state index contributed by atoms with van der Waals surface area (Å²) in [6, 6.07) is 5.66. The van der Waals surface area contributed by atoms with Crippen molar-refractivity contribution in [3.8, 4) is 11.5 Å². The van der Waals surface area contributed by atoms with E-state index in [1.165, 1.54) is 0 Å². The van der Waals surface area contributed by atoms with Gasteiger partial charge in [-0.3, -0.25) is 9.59 Å². The predicted octanol–water partition coefficient (Wildman–Crippen LogP) is 2.39. The van der Waals surface area contributed by atoms with Crippen molar-refractivity contribution in [2.24, 2.45) is 0 Å². The standard InChI is InChI=1S/C15H16O4/c1-10(16)15(6-4-12(17)5-7-15)11-2-3-13-14(8-11)19-9-18-13/h2-3,8H,4-7,9H2,1H3. The Labute approximate surface area is 111 Å². The lowest BCUT2D eigenvalue weighted by Crippen LogP contribution is -2.38. The van der Waals surface area contributed by atoms with Crippen molar-refractivity contribution in [3.63, 3.8) is 0 Å². The second kappa shape index (κ2) is 4.37. The number of Topliss-reactive ketones (excluding diaryl/α,β-unsaturated/α-hetero) is 2. The van der Waals surface area contributed by atoms with E-state index in [1.54, 1.807) is 6.92 Å². The molecule has 1 heterocycles. The first kappa shape index (κ1) is 12.2. The number of rotatable bonds is 2. The second-order valence-electron chi connectivity index (χ2n) is 5.25. The van der Waals surface area contributed by atoms with Crippen LogP contribution in [0.1, 0.15) is 38.2 Å². The first-order chi connectivity index (χ1) is 9.12. The van der Waals surface area contributed by atoms with E-state index >= 15 is 0 Å². The van der Waals surface area contributed by atoms with Gasteiger partial charge in [0.05, 0.1) is 5.41 Å². The number of carbonyl (C=O) groups excluding carboxylic acids is 2. The van der Waals surface area contributed by atoms with Gasteiger partial charge in [-0.05, 0) is 37.5 Å². The van der Waals surface area contributed by atoms with Gasteiger partial charge in [-0.2, -0.15) is 0 Å². The van der Waals surface area contributed by atoms with Gasteiger partial charge in [0.1, 0.15) is 11.6 Å². The Hall–Kier alpha value is -1.84. The number of hydrogen-bond acceptors (Lipinski definition) is 4. The van der Waals surface area contributed by atoms with Crippen LogP contribution in [0.25, 0.3) is 0 Å². The highest BCUT2D eigenvalue weighted by atomic mass is 16.7. The maximum Gasteiger partial charge on any atom is 0.231 e. The number of ketones is 2. The normalized spacial score (nSPS) is 20.4. The maximum absolute atomic E-state index is 12.1. The molecule has 0 N–H and O–H groups in total. The summed E-state index contributed by atoms with van der Waals surface area (Å²) in [4.78, 5) is 23.6. The van der Waals surface area contributed by atoms with Gasteiger partial charge in [0, 0.05) is 12.8 Å². The van der Waals surface area contributed by atoms with Gasteiger partial charge in [-0.15, -0.1) is 0 Å². The van der Waals surface area contributed by atoms with Crippen LogP contribution in [0.4, 0.5) is 0 Å². The van der Waals surface area contributed by atoms with Gasteiger partial charge >= 0.3 is 0 Å². The van der Waals surface area contributed by atoms with Crippen molar-refractivity contribution in [3.05, 3.63) is 23.8 Å². The predicted molar refractivity (Wildman–Crippen MR) is 68.4 cm³/mol. The number of fused-ring (bicyclic) bond motifs is 1. The van der Waals surface area contributed by atoms with Gasteiger partial charge in [0.2, 0.25) is 6.79 Å². The van der Waals surface area contributed by atoms with Crippen molar-refractivity contribution >= 4 is 11.6 Å². The minimum Gasteiger partial charge on any atom is -0.454 e. The fourth-order valence-corrected chi connectivity index (χ4v) is 2.99. The van der Waals surface area contributed by atoms with Crippen LogP contribution < -0.4 is 9.47 Å². The van der Waals surface area contributed by atoms with E-state index in [9.17, 15) is 9.59 Å². The van der Waals surface area contributed by atoms with E-state index in [-0.39, 0.29) is 18.4 Å². The Morgan fingerprint density at radius 2 is 1.84 bits per heavy atom. The monoisotopic (exact) mass is 260 g/mol. The third-order valence-corrected chi connectivity index (χ3v) is 4.26. The van der Waals surface area contributed by atoms with Crippen molar-refractivity contribution in [1.29, 1.82) is 0 Å². The van der Waals surface area contributed by atoms with Gasteiger partial charge < -0.3 is 9.47 Å². The number of hydrogen-bond donors (Lipinski definition) is 0. The van der Waals surface area contributed by atoms with Crippen LogP contribution in [0, 0.1) is 0 Å². The van der Waals surface area contributed by atoms with Crippen LogP contribution in [0.5, 0.6) is 11.5 Å². The average Bonchev–Trinajstić information content (AvgIpc) is 2.86. The van der Waals surface area contributed by atoms with Crippen LogP contribution >= 0.6 is 0 Å². The fourth-order valence-electron chi connectivity index (χ4n) is 2.99. The van der Waals surface area contributed by atoms with E-state index in [0.29, 0.717) is 37.2 Å². The summed E-state index contributed by atoms with van der Waals surface area (Å²) in [6.45, 7) is 1.84. The van der Waals surface area contributed by atoms with E-state index in [1.807, 2.05) is 18.2 Å². The van der Waals surface area contributed by atoms with Crippen molar-refractivity contribution < 1.29 is 19.1 Å². The molecule has 1 aromatic rings. The van der Waals surface area contributed by atoms with E-state index in [2.05, 4.69) is 0 Å². The number of benzene rings is 1. The SMILES string of the molecule is CC(=O)C1(c2ccc3c(c2)OCO3)CCC(=O)CC1. The summed E-state index contributed by atoms with van der Waals surface area (Å²) >= 11 is 0. The molecule has 4 heteroatoms. The highest BCUT2D eigenvalue weighted by Crippen LogP contribution is 2.43. The molecule has 100 valence electrons. The Balaban J connectivity index is 2.01. The molecule has 0 spiro atoms. The first-order valence-electron chi connectivity index (χ1n) is 6.55. The lowest BCUT2D eigenvalue weighted by molar-refractivity contribution is -0.127. The van der Waals surface area contributed by atoms with Gasteiger partial charge in [-0.25, -0.2) is 0 Å². The molecular weight excluding hydrogens is 244 g/mol. The largest absolute Gasteiger partial charge is 0.454 e. The molecule has 1 fully saturated rings. The topological polar surface area (TPSA) is 52.6 Å². The molecule has 0 aromatic heterocycles. The smallest absolute Gasteiger partial charge is 0.231 e. The lowest BCUT2D eigenvalue weighted by Gasteiger charge is -2.35. The molecule has 19 heavy (non-hydrogen) atoms. The highest BCUT2D eigenvalue weighted by molar-refractivity contribution is 5.91. The zero-order chi connectivity index (χ0) is 13.5. The molecule has 0 amide bonds. The molecule has 1 aliphatic heterocycles. The minimum absolute atomic E-state index is 0.124. The van der Waals surface area contributed by atoms with Crippen LogP contribution in [-0.2, 0) is 15.0 Å². The summed E-state index contributed by atoms with van der Waals surface area (Å²) in [6.07, 6.45) is 2.16. The first-order valence-corrected chi connectivity index (χ1v) is 6.55. The maximum atomic E-state index is 12.1. The summed E-state index contributed by atoms with van der Waals surface area (Å²) in [5, 5.41) is 0. The Morgan fingerprint density at radius 1 is 1.16 bits per heavy atom. The molecule has 1 aromatic carbocycles. The molecule has 0 saturated heterocycles. The van der Waals surface area contributed by atoms with Gasteiger partial charge in [0.15, 0.2) is 11.5 Å². The molecule has 0 atom stereocenters. The lowest BCUT2D eigenvalue weighted by atomic mass is 9.67. The number of carbonyl (C=O) groups is 2. The Kier molecular flexibility index (Phi) is 2.81. The number of ether oxygens (including phenoxy) is 2. The molecule has 3 rings (SSSR count). The zero-order valence-corrected chi connectivity index (χ0v) is 10.9. The van der Waals surface area contributed by atoms with Crippen molar-refractivity contribution in [2.45, 2.75) is 38.0 Å². The highest BCUT2D eigenvalue weighted by Gasteiger charge is 2.41. The molecule has 0 bridgehead atoms. The molecule has 4 nitrogen and oxygen atoms in total. The van der Waals surface area contributed by atoms with Crippen molar-refractivity contribution in [2.75, 3.05) is 6.79 Å². The minimum atomic E-state index is -0.533. The summed E-state index contributed by atoms with van der Waals surface area (Å²) in [7, 11) is 0. The van der Waals surface area contributed by atoms with Crippen LogP contribution in [0.3, 0.4) is 0 Å². The third-order valence-electron chi connectivity index (χ3n) is 4.26. The fraction of sp³-hybridized carbons (Fsp3) is 0.467. The molecular formula is C15H16O4. The van der Waals surface area contributed by atoms with Crippen molar-refractivity contribution in [1.82, 2.24) is 0 Å². The molecule has 0 unspecified atom stereocenters. The Bertz CT molecular complexity index is 537. The Morgan fingerprint density at radius 3 is 2.53 bits per heavy atom. The van der Waals surface area contributed by atoms with Crippen LogP contribution in [0.15, 0.2) is 18.2 Å². The van der Waals surface area contributed by atoms with E-state index in [0.717, 1.165) is 5.56 Å². The second-order valence-corrected chi connectivity index (χ2v) is 5.25. The zero-order valence-electron chi connectivity index (χ0n) is 10.9. The van der Waals surface area contributed by atoms with E-state index < -0.39 is 5.41 Å².